The molecule has 0 bridgehead atoms. The predicted molar refractivity (Wildman–Crippen MR) is 73.2 cm³/mol. The van der Waals surface area contributed by atoms with E-state index in [1.807, 2.05) is 5.32 Å². The van der Waals surface area contributed by atoms with E-state index in [4.69, 9.17) is 0 Å². The lowest BCUT2D eigenvalue weighted by Crippen LogP contribution is -2.77. The predicted octanol–water partition coefficient (Wildman–Crippen LogP) is 3.14. The molecular weight excluding hydrogens is 206 g/mol. The molecule has 2 saturated carbocycles. The van der Waals surface area contributed by atoms with Crippen molar-refractivity contribution in [3.8, 4) is 0 Å². The third-order valence-corrected chi connectivity index (χ3v) is 5.30. The largest absolute Gasteiger partial charge is 0.475 e. The lowest BCUT2D eigenvalue weighted by Gasteiger charge is -2.42. The van der Waals surface area contributed by atoms with Crippen LogP contribution in [0, 0.1) is 30.2 Å². The van der Waals surface area contributed by atoms with Gasteiger partial charge in [0.05, 0.1) is 6.54 Å². The van der Waals surface area contributed by atoms with Gasteiger partial charge in [-0.2, -0.15) is 7.05 Å². The van der Waals surface area contributed by atoms with Crippen molar-refractivity contribution >= 4 is 0 Å². The molecule has 2 aliphatic rings. The van der Waals surface area contributed by atoms with Gasteiger partial charge in [0.1, 0.15) is 0 Å². The number of hydrogen-bond acceptors (Lipinski definition) is 0. The van der Waals surface area contributed by atoms with Crippen molar-refractivity contribution in [1.29, 1.82) is 0 Å². The zero-order valence-corrected chi connectivity index (χ0v) is 11.8. The fourth-order valence-electron chi connectivity index (χ4n) is 4.62. The smallest absolute Gasteiger partial charge is 0.0729 e. The third kappa shape index (κ3) is 2.59. The lowest BCUT2D eigenvalue weighted by atomic mass is 9.63. The van der Waals surface area contributed by atoms with Crippen LogP contribution in [0.3, 0.4) is 0 Å². The highest BCUT2D eigenvalue weighted by atomic mass is 14.8. The van der Waals surface area contributed by atoms with E-state index in [2.05, 4.69) is 33.9 Å². The molecule has 0 radical (unpaired) electrons. The molecular formula is C16H29N. The number of fused-ring (bicyclic) bond motifs is 1. The van der Waals surface area contributed by atoms with Gasteiger partial charge in [0, 0.05) is 0 Å². The summed E-state index contributed by atoms with van der Waals surface area (Å²) < 4.78 is 0. The molecule has 0 aliphatic heterocycles. The van der Waals surface area contributed by atoms with Gasteiger partial charge in [0.15, 0.2) is 0 Å². The van der Waals surface area contributed by atoms with Crippen LogP contribution in [-0.2, 0) is 0 Å². The number of nitrogens with two attached hydrogens (primary N) is 1. The molecule has 2 rings (SSSR count). The summed E-state index contributed by atoms with van der Waals surface area (Å²) in [6, 6.07) is 0. The van der Waals surface area contributed by atoms with Crippen molar-refractivity contribution in [2.45, 2.75) is 52.9 Å². The number of allylic oxidation sites excluding steroid dienone is 1. The van der Waals surface area contributed by atoms with Gasteiger partial charge in [0.2, 0.25) is 0 Å². The molecule has 0 heterocycles. The fraction of sp³-hybridized carbons (Fsp3) is 0.812. The molecule has 4 atom stereocenters. The Morgan fingerprint density at radius 2 is 2.18 bits per heavy atom. The summed E-state index contributed by atoms with van der Waals surface area (Å²) in [7, 11) is 3.84. The quantitative estimate of drug-likeness (QED) is 0.572. The molecule has 4 unspecified atom stereocenters. The van der Waals surface area contributed by atoms with Crippen LogP contribution in [0.1, 0.15) is 52.9 Å². The van der Waals surface area contributed by atoms with Crippen molar-refractivity contribution in [3.63, 3.8) is 0 Å². The minimum atomic E-state index is 0.646. The van der Waals surface area contributed by atoms with Crippen LogP contribution in [0.5, 0.6) is 0 Å². The monoisotopic (exact) mass is 235 g/mol. The number of quaternary nitrogens is 1. The van der Waals surface area contributed by atoms with Crippen molar-refractivity contribution < 1.29 is 5.32 Å². The molecule has 0 aromatic rings. The van der Waals surface area contributed by atoms with E-state index in [1.54, 1.807) is 0 Å². The maximum Gasteiger partial charge on any atom is 0.0729 e. The first kappa shape index (κ1) is 13.1. The van der Waals surface area contributed by atoms with Gasteiger partial charge in [-0.3, -0.25) is 0 Å². The van der Waals surface area contributed by atoms with Gasteiger partial charge >= 0.3 is 0 Å². The number of rotatable bonds is 3. The van der Waals surface area contributed by atoms with Crippen LogP contribution < -0.4 is 5.32 Å². The maximum atomic E-state index is 3.84. The summed E-state index contributed by atoms with van der Waals surface area (Å²) in [5, 5.41) is 2.03. The topological polar surface area (TPSA) is 16.6 Å². The second-order valence-electron chi connectivity index (χ2n) is 6.76. The Hall–Kier alpha value is -0.300. The van der Waals surface area contributed by atoms with Gasteiger partial charge in [-0.05, 0) is 54.9 Å². The second-order valence-corrected chi connectivity index (χ2v) is 6.76. The minimum absolute atomic E-state index is 0.646. The van der Waals surface area contributed by atoms with Crippen LogP contribution in [0.15, 0.2) is 11.6 Å². The molecule has 2 aliphatic carbocycles. The Balaban J connectivity index is 2.12. The first-order valence-electron chi connectivity index (χ1n) is 7.35. The molecule has 98 valence electrons. The normalized spacial score (nSPS) is 42.6. The zero-order valence-electron chi connectivity index (χ0n) is 11.8. The summed E-state index contributed by atoms with van der Waals surface area (Å²) in [6.07, 6.45) is 9.80. The fourth-order valence-corrected chi connectivity index (χ4v) is 4.62. The van der Waals surface area contributed by atoms with Crippen LogP contribution in [0.25, 0.3) is 0 Å². The van der Waals surface area contributed by atoms with Crippen molar-refractivity contribution in [2.75, 3.05) is 6.54 Å². The van der Waals surface area contributed by atoms with Gasteiger partial charge in [-0.25, -0.2) is 0 Å². The summed E-state index contributed by atoms with van der Waals surface area (Å²) in [6.45, 7) is 8.36. The van der Waals surface area contributed by atoms with Crippen molar-refractivity contribution in [1.82, 2.24) is 0 Å². The molecule has 2 fully saturated rings. The van der Waals surface area contributed by atoms with E-state index < -0.39 is 0 Å². The molecule has 17 heavy (non-hydrogen) atoms. The Labute approximate surface area is 107 Å². The summed E-state index contributed by atoms with van der Waals surface area (Å²) in [4.78, 5) is 0. The third-order valence-electron chi connectivity index (χ3n) is 5.30. The Bertz CT molecular complexity index is 294. The van der Waals surface area contributed by atoms with Gasteiger partial charge in [-0.1, -0.05) is 32.8 Å². The lowest BCUT2D eigenvalue weighted by molar-refractivity contribution is -0.587. The number of hydrogen-bond donors (Lipinski definition) is 1. The van der Waals surface area contributed by atoms with Gasteiger partial charge in [0.25, 0.3) is 0 Å². The summed E-state index contributed by atoms with van der Waals surface area (Å²) >= 11 is 0. The molecule has 0 aromatic heterocycles. The van der Waals surface area contributed by atoms with E-state index in [-0.39, 0.29) is 0 Å². The highest BCUT2D eigenvalue weighted by Crippen LogP contribution is 2.57. The average Bonchev–Trinajstić information content (AvgIpc) is 2.57. The van der Waals surface area contributed by atoms with Crippen molar-refractivity contribution in [2.24, 2.45) is 23.2 Å². The van der Waals surface area contributed by atoms with E-state index in [0.717, 1.165) is 24.3 Å². The first-order chi connectivity index (χ1) is 8.07. The Morgan fingerprint density at radius 3 is 2.88 bits per heavy atom. The molecule has 2 N–H and O–H groups in total. The SMILES string of the molecule is [CH2-][NH2+]CC(C)=CC1CCC2(C)CCCC(C)C12. The van der Waals surface area contributed by atoms with E-state index in [9.17, 15) is 0 Å². The first-order valence-corrected chi connectivity index (χ1v) is 7.35. The highest BCUT2D eigenvalue weighted by Gasteiger charge is 2.48. The van der Waals surface area contributed by atoms with E-state index in [1.165, 1.54) is 37.7 Å². The van der Waals surface area contributed by atoms with Gasteiger partial charge < -0.3 is 5.32 Å². The Kier molecular flexibility index (Phi) is 3.97. The zero-order chi connectivity index (χ0) is 12.5. The van der Waals surface area contributed by atoms with E-state index in [0.29, 0.717) is 5.41 Å². The molecule has 1 heteroatoms. The van der Waals surface area contributed by atoms with E-state index >= 15 is 0 Å². The maximum absolute atomic E-state index is 3.84. The second kappa shape index (κ2) is 5.14. The summed E-state index contributed by atoms with van der Waals surface area (Å²) in [5.41, 5.74) is 2.17. The van der Waals surface area contributed by atoms with Crippen LogP contribution in [-0.4, -0.2) is 6.54 Å². The molecule has 1 nitrogen and oxygen atoms in total. The van der Waals surface area contributed by atoms with Crippen molar-refractivity contribution in [3.05, 3.63) is 18.7 Å². The summed E-state index contributed by atoms with van der Waals surface area (Å²) in [5.74, 6) is 2.71. The molecule has 0 aromatic carbocycles. The molecule has 0 amide bonds. The standard InChI is InChI=1S/C16H29N/c1-12(11-17-4)10-14-7-9-16(3)8-5-6-13(2)15(14)16/h10,13-15H,4-9,11,17H2,1-3H3. The Morgan fingerprint density at radius 1 is 1.41 bits per heavy atom. The molecule has 0 saturated heterocycles. The average molecular weight is 235 g/mol. The van der Waals surface area contributed by atoms with Crippen LogP contribution >= 0.6 is 0 Å². The minimum Gasteiger partial charge on any atom is -0.475 e. The molecule has 0 spiro atoms. The highest BCUT2D eigenvalue weighted by molar-refractivity contribution is 5.09. The van der Waals surface area contributed by atoms with Crippen LogP contribution in [0.4, 0.5) is 0 Å². The van der Waals surface area contributed by atoms with Gasteiger partial charge in [-0.15, -0.1) is 0 Å². The van der Waals surface area contributed by atoms with Crippen LogP contribution in [0.2, 0.25) is 0 Å².